The number of nitrogens with one attached hydrogen (secondary N) is 2. The van der Waals surface area contributed by atoms with E-state index in [4.69, 9.17) is 4.74 Å². The van der Waals surface area contributed by atoms with Crippen LogP contribution in [0.2, 0.25) is 0 Å². The minimum atomic E-state index is -0.985. The monoisotopic (exact) mass is 276 g/mol. The summed E-state index contributed by atoms with van der Waals surface area (Å²) in [7, 11) is 0. The van der Waals surface area contributed by atoms with Gasteiger partial charge in [-0.1, -0.05) is 18.2 Å². The number of carbonyl (C=O) groups is 2. The number of carboxylic acid groups (broad SMARTS) is 1. The Balaban J connectivity index is 1.98. The Labute approximate surface area is 116 Å². The van der Waals surface area contributed by atoms with Gasteiger partial charge in [-0.15, -0.1) is 0 Å². The molecule has 3 atom stereocenters. The molecule has 0 unspecified atom stereocenters. The Morgan fingerprint density at radius 3 is 2.90 bits per heavy atom. The van der Waals surface area contributed by atoms with Crippen LogP contribution in [0, 0.1) is 5.92 Å². The highest BCUT2D eigenvalue weighted by molar-refractivity contribution is 5.90. The fourth-order valence-electron chi connectivity index (χ4n) is 2.98. The van der Waals surface area contributed by atoms with Gasteiger partial charge in [0.05, 0.1) is 11.6 Å². The van der Waals surface area contributed by atoms with E-state index in [1.54, 1.807) is 24.3 Å². The van der Waals surface area contributed by atoms with Crippen molar-refractivity contribution < 1.29 is 19.4 Å². The van der Waals surface area contributed by atoms with Gasteiger partial charge in [-0.25, -0.2) is 9.59 Å². The van der Waals surface area contributed by atoms with Gasteiger partial charge < -0.3 is 20.5 Å². The maximum Gasteiger partial charge on any atom is 0.336 e. The van der Waals surface area contributed by atoms with Crippen LogP contribution in [-0.4, -0.2) is 29.9 Å². The number of fused-ring (bicyclic) bond motifs is 1. The zero-order chi connectivity index (χ0) is 14.1. The lowest BCUT2D eigenvalue weighted by molar-refractivity contribution is -0.0603. The van der Waals surface area contributed by atoms with Crippen LogP contribution in [0.25, 0.3) is 0 Å². The Morgan fingerprint density at radius 1 is 1.30 bits per heavy atom. The van der Waals surface area contributed by atoms with E-state index >= 15 is 0 Å². The van der Waals surface area contributed by atoms with Gasteiger partial charge in [-0.2, -0.15) is 0 Å². The minimum Gasteiger partial charge on any atom is -0.478 e. The third-order valence-electron chi connectivity index (χ3n) is 3.88. The summed E-state index contributed by atoms with van der Waals surface area (Å²) in [6, 6.07) is 6.13. The van der Waals surface area contributed by atoms with Gasteiger partial charge in [0, 0.05) is 12.5 Å². The third-order valence-corrected chi connectivity index (χ3v) is 3.88. The number of amides is 2. The number of hydrogen-bond donors (Lipinski definition) is 3. The zero-order valence-corrected chi connectivity index (χ0v) is 10.8. The van der Waals surface area contributed by atoms with Crippen LogP contribution < -0.4 is 10.6 Å². The van der Waals surface area contributed by atoms with Gasteiger partial charge in [0.2, 0.25) is 0 Å². The fraction of sp³-hybridized carbons (Fsp3) is 0.429. The van der Waals surface area contributed by atoms with Crippen molar-refractivity contribution in [2.24, 2.45) is 5.92 Å². The van der Waals surface area contributed by atoms with E-state index in [2.05, 4.69) is 10.6 Å². The molecule has 0 aromatic heterocycles. The standard InChI is InChI=1S/C14H16N2O4/c17-13(18)9-5-2-1-4-8(9)11-10-6-3-7-20-12(10)16-14(19)15-11/h1-2,4-5,10-12H,3,6-7H2,(H,17,18)(H2,15,16,19)/t10-,11-,12-/m0/s1. The van der Waals surface area contributed by atoms with E-state index in [-0.39, 0.29) is 29.8 Å². The lowest BCUT2D eigenvalue weighted by Gasteiger charge is -2.42. The summed E-state index contributed by atoms with van der Waals surface area (Å²) >= 11 is 0. The molecule has 1 aromatic rings. The van der Waals surface area contributed by atoms with E-state index in [1.165, 1.54) is 0 Å². The second kappa shape index (κ2) is 5.13. The quantitative estimate of drug-likeness (QED) is 0.763. The van der Waals surface area contributed by atoms with E-state index in [9.17, 15) is 14.7 Å². The molecule has 0 bridgehead atoms. The van der Waals surface area contributed by atoms with Crippen LogP contribution in [0.1, 0.15) is 34.8 Å². The summed E-state index contributed by atoms with van der Waals surface area (Å²) in [6.45, 7) is 0.620. The molecule has 2 saturated heterocycles. The number of carboxylic acids is 1. The Kier molecular flexibility index (Phi) is 3.31. The molecule has 0 radical (unpaired) electrons. The summed E-state index contributed by atoms with van der Waals surface area (Å²) in [5.74, 6) is -0.941. The van der Waals surface area contributed by atoms with E-state index < -0.39 is 5.97 Å². The van der Waals surface area contributed by atoms with Crippen LogP contribution in [0.15, 0.2) is 24.3 Å². The maximum absolute atomic E-state index is 11.7. The van der Waals surface area contributed by atoms with Gasteiger partial charge in [-0.05, 0) is 24.5 Å². The summed E-state index contributed by atoms with van der Waals surface area (Å²) in [4.78, 5) is 23.1. The molecule has 0 saturated carbocycles. The molecule has 2 amide bonds. The summed E-state index contributed by atoms with van der Waals surface area (Å²) < 4.78 is 5.58. The molecule has 2 aliphatic rings. The van der Waals surface area contributed by atoms with Crippen molar-refractivity contribution >= 4 is 12.0 Å². The topological polar surface area (TPSA) is 87.7 Å². The van der Waals surface area contributed by atoms with Crippen molar-refractivity contribution in [2.75, 3.05) is 6.61 Å². The summed E-state index contributed by atoms with van der Waals surface area (Å²) in [5, 5.41) is 14.9. The molecule has 2 aliphatic heterocycles. The average Bonchev–Trinajstić information content (AvgIpc) is 2.46. The molecule has 0 aliphatic carbocycles. The van der Waals surface area contributed by atoms with Gasteiger partial charge in [0.1, 0.15) is 6.23 Å². The van der Waals surface area contributed by atoms with Crippen LogP contribution >= 0.6 is 0 Å². The normalized spacial score (nSPS) is 29.0. The van der Waals surface area contributed by atoms with E-state index in [0.717, 1.165) is 12.8 Å². The number of rotatable bonds is 2. The van der Waals surface area contributed by atoms with Crippen LogP contribution in [0.3, 0.4) is 0 Å². The maximum atomic E-state index is 11.7. The van der Waals surface area contributed by atoms with Crippen LogP contribution in [0.5, 0.6) is 0 Å². The Morgan fingerprint density at radius 2 is 2.10 bits per heavy atom. The van der Waals surface area contributed by atoms with Crippen molar-refractivity contribution in [3.8, 4) is 0 Å². The van der Waals surface area contributed by atoms with Gasteiger partial charge in [0.15, 0.2) is 0 Å². The van der Waals surface area contributed by atoms with E-state index in [0.29, 0.717) is 12.2 Å². The van der Waals surface area contributed by atoms with Crippen molar-refractivity contribution in [3.63, 3.8) is 0 Å². The molecule has 3 N–H and O–H groups in total. The van der Waals surface area contributed by atoms with Crippen LogP contribution in [0.4, 0.5) is 4.79 Å². The molecule has 6 nitrogen and oxygen atoms in total. The molecular formula is C14H16N2O4. The molecule has 6 heteroatoms. The molecule has 0 spiro atoms. The molecule has 2 fully saturated rings. The van der Waals surface area contributed by atoms with Crippen molar-refractivity contribution in [1.82, 2.24) is 10.6 Å². The highest BCUT2D eigenvalue weighted by atomic mass is 16.5. The van der Waals surface area contributed by atoms with E-state index in [1.807, 2.05) is 0 Å². The highest BCUT2D eigenvalue weighted by Crippen LogP contribution is 2.35. The SMILES string of the molecule is O=C1N[C@H]2OCCC[C@H]2[C@H](c2ccccc2C(=O)O)N1. The first-order valence-electron chi connectivity index (χ1n) is 6.67. The largest absolute Gasteiger partial charge is 0.478 e. The van der Waals surface area contributed by atoms with Crippen molar-refractivity contribution in [1.29, 1.82) is 0 Å². The molecular weight excluding hydrogens is 260 g/mol. The van der Waals surface area contributed by atoms with Gasteiger partial charge in [-0.3, -0.25) is 0 Å². The summed E-state index contributed by atoms with van der Waals surface area (Å²) in [6.07, 6.45) is 1.45. The van der Waals surface area contributed by atoms with Gasteiger partial charge in [0.25, 0.3) is 0 Å². The van der Waals surface area contributed by atoms with Gasteiger partial charge >= 0.3 is 12.0 Å². The first kappa shape index (κ1) is 12.9. The fourth-order valence-corrected chi connectivity index (χ4v) is 2.98. The first-order valence-corrected chi connectivity index (χ1v) is 6.67. The number of ether oxygens (including phenoxy) is 1. The molecule has 2 heterocycles. The number of hydrogen-bond acceptors (Lipinski definition) is 3. The predicted molar refractivity (Wildman–Crippen MR) is 70.3 cm³/mol. The highest BCUT2D eigenvalue weighted by Gasteiger charge is 2.40. The van der Waals surface area contributed by atoms with Crippen LogP contribution in [-0.2, 0) is 4.74 Å². The summed E-state index contributed by atoms with van der Waals surface area (Å²) in [5.41, 5.74) is 0.861. The Bertz CT molecular complexity index is 546. The predicted octanol–water partition coefficient (Wildman–Crippen LogP) is 1.49. The number of aromatic carboxylic acids is 1. The lowest BCUT2D eigenvalue weighted by atomic mass is 9.83. The number of benzene rings is 1. The minimum absolute atomic E-state index is 0.0435. The number of urea groups is 1. The molecule has 106 valence electrons. The number of carbonyl (C=O) groups excluding carboxylic acids is 1. The first-order chi connectivity index (χ1) is 9.66. The second-order valence-electron chi connectivity index (χ2n) is 5.09. The molecule has 3 rings (SSSR count). The smallest absolute Gasteiger partial charge is 0.336 e. The second-order valence-corrected chi connectivity index (χ2v) is 5.09. The molecule has 20 heavy (non-hydrogen) atoms. The Hall–Kier alpha value is -2.08. The zero-order valence-electron chi connectivity index (χ0n) is 10.8. The molecule has 1 aromatic carbocycles. The lowest BCUT2D eigenvalue weighted by Crippen LogP contribution is -2.58. The third kappa shape index (κ3) is 2.22. The van der Waals surface area contributed by atoms with Crippen molar-refractivity contribution in [3.05, 3.63) is 35.4 Å². The van der Waals surface area contributed by atoms with Crippen molar-refractivity contribution in [2.45, 2.75) is 25.1 Å². The average molecular weight is 276 g/mol.